The standard InChI is InChI=1S/C19H19N7/c1-3-12-4-5-14(24-19-21-7-6-18(20-2)25-19)8-15(12)17-9-16-13(10-22-17)11-23-26-16/h4-11H,3H2,1-2H3,(H,23,26)(H2,20,21,24,25). The van der Waals surface area contributed by atoms with Gasteiger partial charge in [0, 0.05) is 36.1 Å². The van der Waals surface area contributed by atoms with E-state index in [0.717, 1.165) is 40.1 Å². The Morgan fingerprint density at radius 1 is 1.08 bits per heavy atom. The molecule has 7 nitrogen and oxygen atoms in total. The third-order valence-electron chi connectivity index (χ3n) is 4.26. The van der Waals surface area contributed by atoms with Gasteiger partial charge in [-0.25, -0.2) is 4.98 Å². The van der Waals surface area contributed by atoms with Crippen LogP contribution in [-0.2, 0) is 6.42 Å². The molecule has 4 rings (SSSR count). The smallest absolute Gasteiger partial charge is 0.229 e. The lowest BCUT2D eigenvalue weighted by Crippen LogP contribution is -2.01. The lowest BCUT2D eigenvalue weighted by Gasteiger charge is -2.12. The maximum Gasteiger partial charge on any atom is 0.229 e. The van der Waals surface area contributed by atoms with Crippen molar-refractivity contribution in [1.82, 2.24) is 25.1 Å². The van der Waals surface area contributed by atoms with Gasteiger partial charge < -0.3 is 10.6 Å². The fourth-order valence-corrected chi connectivity index (χ4v) is 2.87. The van der Waals surface area contributed by atoms with Gasteiger partial charge in [0.05, 0.1) is 17.4 Å². The van der Waals surface area contributed by atoms with Crippen LogP contribution in [0.4, 0.5) is 17.5 Å². The van der Waals surface area contributed by atoms with Gasteiger partial charge in [-0.2, -0.15) is 10.1 Å². The Hall–Kier alpha value is -3.48. The molecule has 0 aliphatic heterocycles. The highest BCUT2D eigenvalue weighted by atomic mass is 15.1. The van der Waals surface area contributed by atoms with E-state index in [-0.39, 0.29) is 0 Å². The summed E-state index contributed by atoms with van der Waals surface area (Å²) in [4.78, 5) is 13.3. The summed E-state index contributed by atoms with van der Waals surface area (Å²) in [5.74, 6) is 1.31. The third-order valence-corrected chi connectivity index (χ3v) is 4.26. The van der Waals surface area contributed by atoms with Crippen LogP contribution in [0.15, 0.2) is 48.9 Å². The minimum atomic E-state index is 0.545. The summed E-state index contributed by atoms with van der Waals surface area (Å²) >= 11 is 0. The molecular formula is C19H19N7. The van der Waals surface area contributed by atoms with E-state index >= 15 is 0 Å². The number of H-pyrrole nitrogens is 1. The number of fused-ring (bicyclic) bond motifs is 1. The largest absolute Gasteiger partial charge is 0.373 e. The average Bonchev–Trinajstić information content (AvgIpc) is 3.16. The van der Waals surface area contributed by atoms with Gasteiger partial charge in [0.25, 0.3) is 0 Å². The Morgan fingerprint density at radius 3 is 2.85 bits per heavy atom. The first kappa shape index (κ1) is 16.0. The first-order chi connectivity index (χ1) is 12.8. The Morgan fingerprint density at radius 2 is 2.00 bits per heavy atom. The number of aryl methyl sites for hydroxylation is 1. The predicted octanol–water partition coefficient (Wildman–Crippen LogP) is 3.76. The number of aromatic amines is 1. The molecule has 130 valence electrons. The number of anilines is 3. The molecule has 0 fully saturated rings. The molecule has 1 aromatic carbocycles. The Bertz CT molecular complexity index is 1050. The quantitative estimate of drug-likeness (QED) is 0.510. The molecule has 3 heterocycles. The van der Waals surface area contributed by atoms with Crippen molar-refractivity contribution in [3.05, 3.63) is 54.5 Å². The van der Waals surface area contributed by atoms with Crippen molar-refractivity contribution < 1.29 is 0 Å². The van der Waals surface area contributed by atoms with Crippen molar-refractivity contribution >= 4 is 28.4 Å². The summed E-state index contributed by atoms with van der Waals surface area (Å²) in [6.07, 6.45) is 6.25. The maximum absolute atomic E-state index is 4.60. The lowest BCUT2D eigenvalue weighted by atomic mass is 10.0. The summed E-state index contributed by atoms with van der Waals surface area (Å²) in [6, 6.07) is 10.1. The van der Waals surface area contributed by atoms with Crippen LogP contribution in [0.2, 0.25) is 0 Å². The van der Waals surface area contributed by atoms with E-state index in [1.807, 2.05) is 31.4 Å². The summed E-state index contributed by atoms with van der Waals surface area (Å²) in [5, 5.41) is 14.3. The van der Waals surface area contributed by atoms with Gasteiger partial charge in [-0.15, -0.1) is 0 Å². The van der Waals surface area contributed by atoms with Crippen molar-refractivity contribution in [2.75, 3.05) is 17.7 Å². The Kier molecular flexibility index (Phi) is 4.18. The molecule has 4 aromatic rings. The summed E-state index contributed by atoms with van der Waals surface area (Å²) in [6.45, 7) is 2.14. The Labute approximate surface area is 150 Å². The molecule has 0 saturated heterocycles. The zero-order valence-corrected chi connectivity index (χ0v) is 14.6. The van der Waals surface area contributed by atoms with E-state index in [9.17, 15) is 0 Å². The average molecular weight is 345 g/mol. The van der Waals surface area contributed by atoms with Gasteiger partial charge in [-0.3, -0.25) is 10.1 Å². The molecule has 0 bridgehead atoms. The highest BCUT2D eigenvalue weighted by Crippen LogP contribution is 2.28. The zero-order valence-electron chi connectivity index (χ0n) is 14.6. The topological polar surface area (TPSA) is 91.4 Å². The van der Waals surface area contributed by atoms with Gasteiger partial charge in [-0.05, 0) is 36.2 Å². The summed E-state index contributed by atoms with van der Waals surface area (Å²) in [5.41, 5.74) is 5.11. The zero-order chi connectivity index (χ0) is 17.9. The molecular weight excluding hydrogens is 326 g/mol. The second-order valence-electron chi connectivity index (χ2n) is 5.89. The molecule has 0 aliphatic rings. The second kappa shape index (κ2) is 6.79. The number of nitrogens with one attached hydrogen (secondary N) is 3. The van der Waals surface area contributed by atoms with Gasteiger partial charge in [0.15, 0.2) is 0 Å². The number of pyridine rings is 1. The van der Waals surface area contributed by atoms with Crippen LogP contribution in [0.5, 0.6) is 0 Å². The minimum absolute atomic E-state index is 0.545. The van der Waals surface area contributed by atoms with Crippen molar-refractivity contribution in [2.24, 2.45) is 0 Å². The SMILES string of the molecule is CCc1ccc(Nc2nccc(NC)n2)cc1-c1cc2[nH]ncc2cn1. The molecule has 3 N–H and O–H groups in total. The van der Waals surface area contributed by atoms with Gasteiger partial charge in [-0.1, -0.05) is 13.0 Å². The van der Waals surface area contributed by atoms with E-state index in [0.29, 0.717) is 5.95 Å². The first-order valence-corrected chi connectivity index (χ1v) is 8.47. The number of hydrogen-bond donors (Lipinski definition) is 3. The Balaban J connectivity index is 1.72. The fourth-order valence-electron chi connectivity index (χ4n) is 2.87. The maximum atomic E-state index is 4.60. The number of benzene rings is 1. The van der Waals surface area contributed by atoms with Crippen LogP contribution in [0.1, 0.15) is 12.5 Å². The van der Waals surface area contributed by atoms with Crippen LogP contribution < -0.4 is 10.6 Å². The van der Waals surface area contributed by atoms with Gasteiger partial charge >= 0.3 is 0 Å². The minimum Gasteiger partial charge on any atom is -0.373 e. The van der Waals surface area contributed by atoms with E-state index in [2.05, 4.69) is 54.8 Å². The summed E-state index contributed by atoms with van der Waals surface area (Å²) in [7, 11) is 1.83. The van der Waals surface area contributed by atoms with E-state index < -0.39 is 0 Å². The molecule has 0 spiro atoms. The number of rotatable bonds is 5. The predicted molar refractivity (Wildman–Crippen MR) is 104 cm³/mol. The lowest BCUT2D eigenvalue weighted by molar-refractivity contribution is 1.12. The monoisotopic (exact) mass is 345 g/mol. The summed E-state index contributed by atoms with van der Waals surface area (Å²) < 4.78 is 0. The molecule has 0 atom stereocenters. The van der Waals surface area contributed by atoms with Crippen LogP contribution in [0, 0.1) is 0 Å². The molecule has 7 heteroatoms. The molecule has 0 radical (unpaired) electrons. The third kappa shape index (κ3) is 3.06. The van der Waals surface area contributed by atoms with E-state index in [1.165, 1.54) is 5.56 Å². The highest BCUT2D eigenvalue weighted by molar-refractivity contribution is 5.82. The van der Waals surface area contributed by atoms with Crippen LogP contribution in [0.25, 0.3) is 22.2 Å². The van der Waals surface area contributed by atoms with Gasteiger partial charge in [0.2, 0.25) is 5.95 Å². The first-order valence-electron chi connectivity index (χ1n) is 8.47. The second-order valence-corrected chi connectivity index (χ2v) is 5.89. The van der Waals surface area contributed by atoms with Gasteiger partial charge in [0.1, 0.15) is 5.82 Å². The van der Waals surface area contributed by atoms with Crippen LogP contribution >= 0.6 is 0 Å². The molecule has 0 unspecified atom stereocenters. The van der Waals surface area contributed by atoms with Crippen molar-refractivity contribution in [3.8, 4) is 11.3 Å². The van der Waals surface area contributed by atoms with Crippen molar-refractivity contribution in [2.45, 2.75) is 13.3 Å². The molecule has 3 aromatic heterocycles. The molecule has 0 saturated carbocycles. The van der Waals surface area contributed by atoms with Crippen molar-refractivity contribution in [1.29, 1.82) is 0 Å². The normalized spacial score (nSPS) is 10.8. The van der Waals surface area contributed by atoms with Crippen LogP contribution in [0.3, 0.4) is 0 Å². The number of hydrogen-bond acceptors (Lipinski definition) is 6. The molecule has 26 heavy (non-hydrogen) atoms. The van der Waals surface area contributed by atoms with E-state index in [1.54, 1.807) is 12.4 Å². The molecule has 0 amide bonds. The fraction of sp³-hybridized carbons (Fsp3) is 0.158. The van der Waals surface area contributed by atoms with Crippen LogP contribution in [-0.4, -0.2) is 32.2 Å². The van der Waals surface area contributed by atoms with Crippen molar-refractivity contribution in [3.63, 3.8) is 0 Å². The highest BCUT2D eigenvalue weighted by Gasteiger charge is 2.09. The number of aromatic nitrogens is 5. The number of nitrogens with zero attached hydrogens (tertiary/aromatic N) is 4. The van der Waals surface area contributed by atoms with E-state index in [4.69, 9.17) is 0 Å². The molecule has 0 aliphatic carbocycles.